The lowest BCUT2D eigenvalue weighted by Crippen LogP contribution is -2.35. The van der Waals surface area contributed by atoms with Crippen LogP contribution in [0.1, 0.15) is 27.0 Å². The number of nitrogens with zero attached hydrogens (tertiary/aromatic N) is 2. The number of fused-ring (bicyclic) bond motifs is 1. The Hall–Kier alpha value is -2.85. The van der Waals surface area contributed by atoms with Gasteiger partial charge in [0.25, 0.3) is 5.91 Å². The summed E-state index contributed by atoms with van der Waals surface area (Å²) in [5.41, 5.74) is 4.19. The molecular weight excluding hydrogens is 358 g/mol. The predicted octanol–water partition coefficient (Wildman–Crippen LogP) is 4.55. The second-order valence-electron chi connectivity index (χ2n) is 6.62. The average molecular weight is 378 g/mol. The lowest BCUT2D eigenvalue weighted by atomic mass is 9.99. The van der Waals surface area contributed by atoms with E-state index >= 15 is 0 Å². The van der Waals surface area contributed by atoms with Gasteiger partial charge in [0, 0.05) is 36.4 Å². The molecule has 5 heteroatoms. The van der Waals surface area contributed by atoms with Gasteiger partial charge in [-0.3, -0.25) is 4.79 Å². The monoisotopic (exact) mass is 377 g/mol. The first-order valence-electron chi connectivity index (χ1n) is 9.00. The highest BCUT2D eigenvalue weighted by Gasteiger charge is 2.21. The van der Waals surface area contributed by atoms with Crippen molar-refractivity contribution in [2.75, 3.05) is 11.9 Å². The molecule has 136 valence electrons. The van der Waals surface area contributed by atoms with E-state index in [0.29, 0.717) is 29.5 Å². The van der Waals surface area contributed by atoms with Crippen molar-refractivity contribution in [2.45, 2.75) is 19.5 Å². The predicted molar refractivity (Wildman–Crippen MR) is 108 cm³/mol. The average Bonchev–Trinajstić information content (AvgIpc) is 2.72. The lowest BCUT2D eigenvalue weighted by molar-refractivity contribution is 0.0734. The van der Waals surface area contributed by atoms with E-state index in [1.807, 2.05) is 35.2 Å². The van der Waals surface area contributed by atoms with Crippen molar-refractivity contribution in [3.05, 3.63) is 94.1 Å². The molecule has 1 aliphatic heterocycles. The first-order chi connectivity index (χ1) is 13.2. The quantitative estimate of drug-likeness (QED) is 0.725. The van der Waals surface area contributed by atoms with Crippen LogP contribution in [0.2, 0.25) is 5.02 Å². The molecule has 2 heterocycles. The highest BCUT2D eigenvalue weighted by atomic mass is 35.5. The molecule has 1 aliphatic rings. The number of carbonyl (C=O) groups excluding carboxylic acids is 1. The van der Waals surface area contributed by atoms with Crippen LogP contribution >= 0.6 is 11.6 Å². The summed E-state index contributed by atoms with van der Waals surface area (Å²) in [5.74, 6) is 0.700. The van der Waals surface area contributed by atoms with Gasteiger partial charge in [-0.25, -0.2) is 4.98 Å². The van der Waals surface area contributed by atoms with Crippen molar-refractivity contribution >= 4 is 23.3 Å². The summed E-state index contributed by atoms with van der Waals surface area (Å²) in [4.78, 5) is 19.2. The first-order valence-corrected chi connectivity index (χ1v) is 9.38. The number of anilines is 1. The second-order valence-corrected chi connectivity index (χ2v) is 7.03. The maximum atomic E-state index is 12.9. The zero-order valence-corrected chi connectivity index (χ0v) is 15.6. The van der Waals surface area contributed by atoms with Gasteiger partial charge < -0.3 is 10.2 Å². The van der Waals surface area contributed by atoms with Gasteiger partial charge in [0.05, 0.1) is 0 Å². The Balaban J connectivity index is 1.46. The van der Waals surface area contributed by atoms with Crippen LogP contribution in [0.5, 0.6) is 0 Å². The molecule has 1 aromatic heterocycles. The van der Waals surface area contributed by atoms with Crippen molar-refractivity contribution < 1.29 is 4.79 Å². The van der Waals surface area contributed by atoms with Gasteiger partial charge in [-0.2, -0.15) is 0 Å². The lowest BCUT2D eigenvalue weighted by Gasteiger charge is -2.29. The van der Waals surface area contributed by atoms with E-state index in [-0.39, 0.29) is 5.91 Å². The van der Waals surface area contributed by atoms with Crippen LogP contribution in [0.3, 0.4) is 0 Å². The fourth-order valence-electron chi connectivity index (χ4n) is 3.34. The van der Waals surface area contributed by atoms with Crippen LogP contribution in [-0.4, -0.2) is 22.3 Å². The van der Waals surface area contributed by atoms with Crippen LogP contribution < -0.4 is 5.32 Å². The third kappa shape index (κ3) is 3.96. The minimum Gasteiger partial charge on any atom is -0.366 e. The van der Waals surface area contributed by atoms with Gasteiger partial charge in [0.2, 0.25) is 0 Å². The van der Waals surface area contributed by atoms with Crippen molar-refractivity contribution in [3.63, 3.8) is 0 Å². The standard InChI is InChI=1S/C22H20ClN3O/c23-20-8-4-3-6-18(20)14-25-21-13-17(9-11-24-21)22(27)26-12-10-16-5-1-2-7-19(16)15-26/h1-9,11,13H,10,12,14-15H2,(H,24,25). The molecular formula is C22H20ClN3O. The zero-order valence-electron chi connectivity index (χ0n) is 14.9. The van der Waals surface area contributed by atoms with Crippen molar-refractivity contribution in [3.8, 4) is 0 Å². The smallest absolute Gasteiger partial charge is 0.254 e. The molecule has 0 unspecified atom stereocenters. The van der Waals surface area contributed by atoms with E-state index in [2.05, 4.69) is 28.5 Å². The third-order valence-corrected chi connectivity index (χ3v) is 5.21. The fraction of sp³-hybridized carbons (Fsp3) is 0.182. The molecule has 4 nitrogen and oxygen atoms in total. The molecule has 1 amide bonds. The minimum atomic E-state index is 0.0349. The molecule has 0 bridgehead atoms. The molecule has 0 fully saturated rings. The minimum absolute atomic E-state index is 0.0349. The molecule has 0 saturated carbocycles. The summed E-state index contributed by atoms with van der Waals surface area (Å²) >= 11 is 6.19. The molecule has 0 saturated heterocycles. The highest BCUT2D eigenvalue weighted by Crippen LogP contribution is 2.21. The summed E-state index contributed by atoms with van der Waals surface area (Å²) < 4.78 is 0. The summed E-state index contributed by atoms with van der Waals surface area (Å²) in [6.07, 6.45) is 2.56. The number of nitrogens with one attached hydrogen (secondary N) is 1. The molecule has 3 aromatic rings. The summed E-state index contributed by atoms with van der Waals surface area (Å²) in [7, 11) is 0. The maximum absolute atomic E-state index is 12.9. The number of hydrogen-bond acceptors (Lipinski definition) is 3. The largest absolute Gasteiger partial charge is 0.366 e. The zero-order chi connectivity index (χ0) is 18.6. The number of rotatable bonds is 4. The third-order valence-electron chi connectivity index (χ3n) is 4.84. The first kappa shape index (κ1) is 17.6. The topological polar surface area (TPSA) is 45.2 Å². The second kappa shape index (κ2) is 7.80. The number of hydrogen-bond donors (Lipinski definition) is 1. The van der Waals surface area contributed by atoms with Gasteiger partial charge >= 0.3 is 0 Å². The number of benzene rings is 2. The Bertz CT molecular complexity index is 973. The van der Waals surface area contributed by atoms with Crippen molar-refractivity contribution in [1.82, 2.24) is 9.88 Å². The van der Waals surface area contributed by atoms with Gasteiger partial charge in [0.15, 0.2) is 0 Å². The Morgan fingerprint density at radius 1 is 1.07 bits per heavy atom. The number of amides is 1. The molecule has 27 heavy (non-hydrogen) atoms. The van der Waals surface area contributed by atoms with Gasteiger partial charge in [-0.15, -0.1) is 0 Å². The molecule has 0 spiro atoms. The Morgan fingerprint density at radius 2 is 1.85 bits per heavy atom. The fourth-order valence-corrected chi connectivity index (χ4v) is 3.54. The Kier molecular flexibility index (Phi) is 5.07. The molecule has 1 N–H and O–H groups in total. The van der Waals surface area contributed by atoms with Gasteiger partial charge in [0.1, 0.15) is 5.82 Å². The maximum Gasteiger partial charge on any atom is 0.254 e. The van der Waals surface area contributed by atoms with Crippen LogP contribution in [0, 0.1) is 0 Å². The normalized spacial score (nSPS) is 13.1. The van der Waals surface area contributed by atoms with Crippen LogP contribution in [0.15, 0.2) is 66.9 Å². The molecule has 2 aromatic carbocycles. The van der Waals surface area contributed by atoms with Crippen LogP contribution in [0.4, 0.5) is 5.82 Å². The van der Waals surface area contributed by atoms with E-state index in [1.54, 1.807) is 18.3 Å². The van der Waals surface area contributed by atoms with Gasteiger partial charge in [-0.05, 0) is 41.3 Å². The van der Waals surface area contributed by atoms with Crippen LogP contribution in [-0.2, 0) is 19.5 Å². The van der Waals surface area contributed by atoms with E-state index in [0.717, 1.165) is 18.5 Å². The Morgan fingerprint density at radius 3 is 2.70 bits per heavy atom. The number of halogens is 1. The number of aromatic nitrogens is 1. The molecule has 4 rings (SSSR count). The van der Waals surface area contributed by atoms with Crippen molar-refractivity contribution in [2.24, 2.45) is 0 Å². The summed E-state index contributed by atoms with van der Waals surface area (Å²) in [5, 5.41) is 3.96. The SMILES string of the molecule is O=C(c1ccnc(NCc2ccccc2Cl)c1)N1CCc2ccccc2C1. The van der Waals surface area contributed by atoms with E-state index in [1.165, 1.54) is 11.1 Å². The summed E-state index contributed by atoms with van der Waals surface area (Å²) in [6.45, 7) is 1.95. The van der Waals surface area contributed by atoms with E-state index < -0.39 is 0 Å². The molecule has 0 aliphatic carbocycles. The Labute approximate surface area is 163 Å². The molecule has 0 radical (unpaired) electrons. The molecule has 0 atom stereocenters. The number of pyridine rings is 1. The van der Waals surface area contributed by atoms with E-state index in [9.17, 15) is 4.79 Å². The van der Waals surface area contributed by atoms with Crippen LogP contribution in [0.25, 0.3) is 0 Å². The highest BCUT2D eigenvalue weighted by molar-refractivity contribution is 6.31. The summed E-state index contributed by atoms with van der Waals surface area (Å²) in [6, 6.07) is 19.6. The number of carbonyl (C=O) groups is 1. The van der Waals surface area contributed by atoms with Gasteiger partial charge in [-0.1, -0.05) is 54.1 Å². The van der Waals surface area contributed by atoms with Crippen molar-refractivity contribution in [1.29, 1.82) is 0 Å². The van der Waals surface area contributed by atoms with E-state index in [4.69, 9.17) is 11.6 Å².